The van der Waals surface area contributed by atoms with Crippen molar-refractivity contribution in [1.82, 2.24) is 5.43 Å². The van der Waals surface area contributed by atoms with Crippen molar-refractivity contribution >= 4 is 46.4 Å². The SMILES string of the molecule is CC(/C=C/c1ccco1)=N\NC(=S)Nc1ccc(Cl)cc1. The second-order valence-electron chi connectivity index (χ2n) is 4.17. The normalized spacial score (nSPS) is 11.6. The molecule has 21 heavy (non-hydrogen) atoms. The van der Waals surface area contributed by atoms with E-state index in [2.05, 4.69) is 15.8 Å². The zero-order valence-electron chi connectivity index (χ0n) is 11.3. The summed E-state index contributed by atoms with van der Waals surface area (Å²) in [6.07, 6.45) is 5.28. The van der Waals surface area contributed by atoms with E-state index in [4.69, 9.17) is 28.2 Å². The van der Waals surface area contributed by atoms with Gasteiger partial charge in [0.05, 0.1) is 12.0 Å². The zero-order chi connectivity index (χ0) is 15.1. The van der Waals surface area contributed by atoms with Gasteiger partial charge < -0.3 is 9.73 Å². The lowest BCUT2D eigenvalue weighted by molar-refractivity contribution is 0.557. The number of hydrazone groups is 1. The molecule has 0 fully saturated rings. The largest absolute Gasteiger partial charge is 0.465 e. The Morgan fingerprint density at radius 3 is 2.71 bits per heavy atom. The smallest absolute Gasteiger partial charge is 0.191 e. The van der Waals surface area contributed by atoms with Crippen LogP contribution in [0.25, 0.3) is 6.08 Å². The first kappa shape index (κ1) is 15.3. The maximum absolute atomic E-state index is 5.81. The second kappa shape index (κ2) is 7.61. The Balaban J connectivity index is 1.84. The molecule has 0 bridgehead atoms. The topological polar surface area (TPSA) is 49.6 Å². The van der Waals surface area contributed by atoms with Crippen LogP contribution in [0, 0.1) is 0 Å². The van der Waals surface area contributed by atoms with E-state index >= 15 is 0 Å². The van der Waals surface area contributed by atoms with Crippen molar-refractivity contribution in [3.8, 4) is 0 Å². The standard InChI is InChI=1S/C15H14ClN3OS/c1-11(4-9-14-3-2-10-20-14)18-19-15(21)17-13-7-5-12(16)6-8-13/h2-10H,1H3,(H2,17,19,21)/b9-4+,18-11+. The van der Waals surface area contributed by atoms with E-state index in [1.165, 1.54) is 0 Å². The van der Waals surface area contributed by atoms with Crippen LogP contribution in [-0.4, -0.2) is 10.8 Å². The molecule has 0 aliphatic carbocycles. The van der Waals surface area contributed by atoms with Gasteiger partial charge in [-0.2, -0.15) is 5.10 Å². The van der Waals surface area contributed by atoms with Crippen molar-refractivity contribution in [3.63, 3.8) is 0 Å². The van der Waals surface area contributed by atoms with Gasteiger partial charge in [0.1, 0.15) is 5.76 Å². The highest BCUT2D eigenvalue weighted by Gasteiger charge is 1.96. The number of nitrogens with zero attached hydrogens (tertiary/aromatic N) is 1. The predicted molar refractivity (Wildman–Crippen MR) is 91.7 cm³/mol. The van der Waals surface area contributed by atoms with Gasteiger partial charge in [0.15, 0.2) is 5.11 Å². The first-order valence-corrected chi connectivity index (χ1v) is 7.00. The van der Waals surface area contributed by atoms with Gasteiger partial charge in [-0.3, -0.25) is 5.43 Å². The highest BCUT2D eigenvalue weighted by atomic mass is 35.5. The Labute approximate surface area is 133 Å². The number of hydrogen-bond donors (Lipinski definition) is 2. The summed E-state index contributed by atoms with van der Waals surface area (Å²) in [5, 5.41) is 8.23. The molecule has 1 aromatic carbocycles. The summed E-state index contributed by atoms with van der Waals surface area (Å²) in [6.45, 7) is 1.86. The van der Waals surface area contributed by atoms with E-state index < -0.39 is 0 Å². The first-order chi connectivity index (χ1) is 10.1. The van der Waals surface area contributed by atoms with Gasteiger partial charge in [-0.1, -0.05) is 11.6 Å². The van der Waals surface area contributed by atoms with E-state index in [-0.39, 0.29) is 0 Å². The summed E-state index contributed by atoms with van der Waals surface area (Å²) in [5.41, 5.74) is 4.38. The highest BCUT2D eigenvalue weighted by molar-refractivity contribution is 7.80. The van der Waals surface area contributed by atoms with E-state index in [0.29, 0.717) is 10.1 Å². The molecule has 0 saturated carbocycles. The fourth-order valence-corrected chi connectivity index (χ4v) is 1.75. The fourth-order valence-electron chi connectivity index (χ4n) is 1.46. The molecule has 0 radical (unpaired) electrons. The van der Waals surface area contributed by atoms with Crippen LogP contribution >= 0.6 is 23.8 Å². The van der Waals surface area contributed by atoms with E-state index in [1.54, 1.807) is 18.4 Å². The molecule has 0 unspecified atom stereocenters. The van der Waals surface area contributed by atoms with Gasteiger partial charge >= 0.3 is 0 Å². The fraction of sp³-hybridized carbons (Fsp3) is 0.0667. The Morgan fingerprint density at radius 1 is 1.29 bits per heavy atom. The molecule has 0 saturated heterocycles. The number of halogens is 1. The molecule has 4 nitrogen and oxygen atoms in total. The molecule has 1 heterocycles. The van der Waals surface area contributed by atoms with Crippen LogP contribution in [0.2, 0.25) is 5.02 Å². The van der Waals surface area contributed by atoms with Crippen LogP contribution in [0.4, 0.5) is 5.69 Å². The molecule has 0 aliphatic heterocycles. The van der Waals surface area contributed by atoms with Crippen molar-refractivity contribution < 1.29 is 4.42 Å². The van der Waals surface area contributed by atoms with Crippen molar-refractivity contribution in [3.05, 3.63) is 59.5 Å². The van der Waals surface area contributed by atoms with Crippen LogP contribution in [0.5, 0.6) is 0 Å². The molecule has 2 N–H and O–H groups in total. The predicted octanol–water partition coefficient (Wildman–Crippen LogP) is 4.31. The lowest BCUT2D eigenvalue weighted by atomic mass is 10.3. The minimum atomic E-state index is 0.406. The molecule has 0 atom stereocenters. The Morgan fingerprint density at radius 2 is 2.05 bits per heavy atom. The summed E-state index contributed by atoms with van der Waals surface area (Å²) in [6, 6.07) is 10.9. The minimum Gasteiger partial charge on any atom is -0.465 e. The van der Waals surface area contributed by atoms with Crippen molar-refractivity contribution in [2.24, 2.45) is 5.10 Å². The lowest BCUT2D eigenvalue weighted by Crippen LogP contribution is -2.24. The molecule has 0 aliphatic rings. The molecule has 2 rings (SSSR count). The number of hydrogen-bond acceptors (Lipinski definition) is 3. The van der Waals surface area contributed by atoms with E-state index in [9.17, 15) is 0 Å². The van der Waals surface area contributed by atoms with Gasteiger partial charge in [-0.15, -0.1) is 0 Å². The number of furan rings is 1. The third-order valence-corrected chi connectivity index (χ3v) is 2.91. The summed E-state index contributed by atoms with van der Waals surface area (Å²) >= 11 is 11.0. The molecule has 0 amide bonds. The molecule has 1 aromatic heterocycles. The molecule has 0 spiro atoms. The average molecular weight is 320 g/mol. The van der Waals surface area contributed by atoms with Crippen molar-refractivity contribution in [2.45, 2.75) is 6.92 Å². The van der Waals surface area contributed by atoms with Crippen LogP contribution in [0.1, 0.15) is 12.7 Å². The van der Waals surface area contributed by atoms with Gasteiger partial charge in [-0.05, 0) is 67.7 Å². The van der Waals surface area contributed by atoms with Crippen LogP contribution < -0.4 is 10.7 Å². The summed E-state index contributed by atoms with van der Waals surface area (Å²) < 4.78 is 5.19. The van der Waals surface area contributed by atoms with E-state index in [0.717, 1.165) is 17.2 Å². The van der Waals surface area contributed by atoms with Crippen LogP contribution in [0.15, 0.2) is 58.3 Å². The quantitative estimate of drug-likeness (QED) is 0.501. The number of benzene rings is 1. The zero-order valence-corrected chi connectivity index (χ0v) is 12.9. The molecular formula is C15H14ClN3OS. The number of nitrogens with one attached hydrogen (secondary N) is 2. The average Bonchev–Trinajstić information content (AvgIpc) is 2.99. The molecule has 2 aromatic rings. The number of allylic oxidation sites excluding steroid dienone is 1. The molecule has 108 valence electrons. The van der Waals surface area contributed by atoms with Crippen LogP contribution in [0.3, 0.4) is 0 Å². The monoisotopic (exact) mass is 319 g/mol. The van der Waals surface area contributed by atoms with Crippen molar-refractivity contribution in [1.29, 1.82) is 0 Å². The summed E-state index contributed by atoms with van der Waals surface area (Å²) in [7, 11) is 0. The number of anilines is 1. The summed E-state index contributed by atoms with van der Waals surface area (Å²) in [4.78, 5) is 0. The van der Waals surface area contributed by atoms with Gasteiger partial charge in [0.2, 0.25) is 0 Å². The Hall–Kier alpha value is -2.11. The Kier molecular flexibility index (Phi) is 5.54. The molecular weight excluding hydrogens is 306 g/mol. The summed E-state index contributed by atoms with van der Waals surface area (Å²) in [5.74, 6) is 0.770. The van der Waals surface area contributed by atoms with Crippen molar-refractivity contribution in [2.75, 3.05) is 5.32 Å². The third kappa shape index (κ3) is 5.41. The minimum absolute atomic E-state index is 0.406. The van der Waals surface area contributed by atoms with Gasteiger partial charge in [0.25, 0.3) is 0 Å². The third-order valence-electron chi connectivity index (χ3n) is 2.47. The number of rotatable bonds is 4. The molecule has 6 heteroatoms. The van der Waals surface area contributed by atoms with Gasteiger partial charge in [-0.25, -0.2) is 0 Å². The lowest BCUT2D eigenvalue weighted by Gasteiger charge is -2.07. The number of thiocarbonyl (C=S) groups is 1. The second-order valence-corrected chi connectivity index (χ2v) is 5.02. The maximum Gasteiger partial charge on any atom is 0.191 e. The highest BCUT2D eigenvalue weighted by Crippen LogP contribution is 2.13. The van der Waals surface area contributed by atoms with Crippen LogP contribution in [-0.2, 0) is 0 Å². The van der Waals surface area contributed by atoms with E-state index in [1.807, 2.05) is 43.3 Å². The van der Waals surface area contributed by atoms with Gasteiger partial charge in [0, 0.05) is 10.7 Å². The first-order valence-electron chi connectivity index (χ1n) is 6.22. The Bertz CT molecular complexity index is 648. The maximum atomic E-state index is 5.81.